The minimum Gasteiger partial charge on any atom is -0.327 e. The van der Waals surface area contributed by atoms with Crippen molar-refractivity contribution < 1.29 is 0 Å². The molecule has 0 bridgehead atoms. The topological polar surface area (TPSA) is 41.6 Å². The van der Waals surface area contributed by atoms with Gasteiger partial charge >= 0.3 is 0 Å². The molecule has 78 valence electrons. The number of aromatic nitrogens is 2. The van der Waals surface area contributed by atoms with Crippen molar-refractivity contribution in [1.29, 1.82) is 5.26 Å². The second-order valence-corrected chi connectivity index (χ2v) is 4.07. The van der Waals surface area contributed by atoms with Crippen LogP contribution < -0.4 is 0 Å². The first-order valence-electron chi connectivity index (χ1n) is 5.41. The molecule has 3 heteroatoms. The molecule has 0 spiro atoms. The number of nitrogens with zero attached hydrogens (tertiary/aromatic N) is 3. The van der Waals surface area contributed by atoms with Crippen molar-refractivity contribution in [2.75, 3.05) is 0 Å². The third-order valence-corrected chi connectivity index (χ3v) is 2.93. The molecule has 0 radical (unpaired) electrons. The monoisotopic (exact) mass is 209 g/mol. The van der Waals surface area contributed by atoms with E-state index in [1.54, 1.807) is 0 Å². The molecule has 16 heavy (non-hydrogen) atoms. The number of hydrogen-bond donors (Lipinski definition) is 0. The van der Waals surface area contributed by atoms with E-state index >= 15 is 0 Å². The molecule has 3 rings (SSSR count). The van der Waals surface area contributed by atoms with Crippen molar-refractivity contribution in [3.8, 4) is 17.3 Å². The lowest BCUT2D eigenvalue weighted by Gasteiger charge is -2.07. The minimum absolute atomic E-state index is 0.587. The van der Waals surface area contributed by atoms with Crippen molar-refractivity contribution in [3.05, 3.63) is 42.4 Å². The highest BCUT2D eigenvalue weighted by Crippen LogP contribution is 2.38. The molecule has 2 aromatic rings. The highest BCUT2D eigenvalue weighted by atomic mass is 15.1. The van der Waals surface area contributed by atoms with Gasteiger partial charge in [-0.1, -0.05) is 18.2 Å². The van der Waals surface area contributed by atoms with E-state index in [1.165, 1.54) is 12.8 Å². The Morgan fingerprint density at radius 1 is 1.31 bits per heavy atom. The fraction of sp³-hybridized carbons (Fsp3) is 0.231. The van der Waals surface area contributed by atoms with Crippen LogP contribution in [0.2, 0.25) is 0 Å². The summed E-state index contributed by atoms with van der Waals surface area (Å²) >= 11 is 0. The number of benzene rings is 1. The van der Waals surface area contributed by atoms with Crippen molar-refractivity contribution in [1.82, 2.24) is 9.55 Å². The highest BCUT2D eigenvalue weighted by molar-refractivity contribution is 5.67. The summed E-state index contributed by atoms with van der Waals surface area (Å²) in [6, 6.07) is 10.5. The second-order valence-electron chi connectivity index (χ2n) is 4.07. The van der Waals surface area contributed by atoms with Crippen LogP contribution >= 0.6 is 0 Å². The van der Waals surface area contributed by atoms with E-state index in [2.05, 4.69) is 15.6 Å². The lowest BCUT2D eigenvalue weighted by molar-refractivity contribution is 0.748. The van der Waals surface area contributed by atoms with Gasteiger partial charge in [-0.2, -0.15) is 5.26 Å². The summed E-state index contributed by atoms with van der Waals surface area (Å²) in [6.45, 7) is 0. The first-order valence-corrected chi connectivity index (χ1v) is 5.41. The molecule has 0 amide bonds. The van der Waals surface area contributed by atoms with Gasteiger partial charge in [0.05, 0.1) is 29.9 Å². The Kier molecular flexibility index (Phi) is 2.00. The zero-order chi connectivity index (χ0) is 11.0. The normalized spacial score (nSPS) is 14.7. The third kappa shape index (κ3) is 1.40. The van der Waals surface area contributed by atoms with E-state index < -0.39 is 0 Å². The van der Waals surface area contributed by atoms with E-state index in [4.69, 9.17) is 5.26 Å². The SMILES string of the molecule is N#Cc1ccccc1-c1cncn1C1CC1. The maximum absolute atomic E-state index is 9.08. The number of nitriles is 1. The van der Waals surface area contributed by atoms with Gasteiger partial charge in [0.2, 0.25) is 0 Å². The maximum atomic E-state index is 9.08. The van der Waals surface area contributed by atoms with Gasteiger partial charge in [-0.05, 0) is 18.9 Å². The third-order valence-electron chi connectivity index (χ3n) is 2.93. The molecule has 1 fully saturated rings. The summed E-state index contributed by atoms with van der Waals surface area (Å²) in [4.78, 5) is 4.19. The summed E-state index contributed by atoms with van der Waals surface area (Å²) < 4.78 is 2.18. The molecule has 1 aromatic heterocycles. The van der Waals surface area contributed by atoms with E-state index in [0.29, 0.717) is 11.6 Å². The van der Waals surface area contributed by atoms with Crippen LogP contribution in [-0.4, -0.2) is 9.55 Å². The van der Waals surface area contributed by atoms with E-state index in [0.717, 1.165) is 11.3 Å². The van der Waals surface area contributed by atoms with Crippen molar-refractivity contribution >= 4 is 0 Å². The van der Waals surface area contributed by atoms with Gasteiger partial charge in [-0.15, -0.1) is 0 Å². The molecule has 1 aliphatic carbocycles. The van der Waals surface area contributed by atoms with Crippen LogP contribution in [0.15, 0.2) is 36.8 Å². The predicted octanol–water partition coefficient (Wildman–Crippen LogP) is 2.76. The molecule has 0 N–H and O–H groups in total. The van der Waals surface area contributed by atoms with Crippen LogP contribution in [0.25, 0.3) is 11.3 Å². The molecule has 0 unspecified atom stereocenters. The summed E-state index contributed by atoms with van der Waals surface area (Å²) in [5, 5.41) is 9.08. The Hall–Kier alpha value is -2.08. The van der Waals surface area contributed by atoms with Gasteiger partial charge in [0.1, 0.15) is 0 Å². The van der Waals surface area contributed by atoms with E-state index in [9.17, 15) is 0 Å². The molecule has 0 atom stereocenters. The van der Waals surface area contributed by atoms with Crippen molar-refractivity contribution in [3.63, 3.8) is 0 Å². The van der Waals surface area contributed by atoms with Gasteiger partial charge < -0.3 is 4.57 Å². The Bertz CT molecular complexity index is 559. The van der Waals surface area contributed by atoms with E-state index in [-0.39, 0.29) is 0 Å². The van der Waals surface area contributed by atoms with Crippen molar-refractivity contribution in [2.45, 2.75) is 18.9 Å². The molecule has 3 nitrogen and oxygen atoms in total. The maximum Gasteiger partial charge on any atom is 0.0998 e. The summed E-state index contributed by atoms with van der Waals surface area (Å²) in [7, 11) is 0. The molecule has 1 heterocycles. The Labute approximate surface area is 94.0 Å². The number of rotatable bonds is 2. The Morgan fingerprint density at radius 3 is 2.88 bits per heavy atom. The largest absolute Gasteiger partial charge is 0.327 e. The van der Waals surface area contributed by atoms with E-state index in [1.807, 2.05) is 36.8 Å². The van der Waals surface area contributed by atoms with Crippen LogP contribution in [0.3, 0.4) is 0 Å². The standard InChI is InChI=1S/C13H11N3/c14-7-10-3-1-2-4-12(10)13-8-15-9-16(13)11-5-6-11/h1-4,8-9,11H,5-6H2. The minimum atomic E-state index is 0.587. The fourth-order valence-corrected chi connectivity index (χ4v) is 1.96. The summed E-state index contributed by atoms with van der Waals surface area (Å²) in [5.74, 6) is 0. The molecule has 1 aliphatic rings. The van der Waals surface area contributed by atoms with Gasteiger partial charge in [-0.25, -0.2) is 4.98 Å². The molecule has 0 saturated heterocycles. The van der Waals surface area contributed by atoms with Crippen LogP contribution in [0.5, 0.6) is 0 Å². The highest BCUT2D eigenvalue weighted by Gasteiger charge is 2.26. The number of imidazole rings is 1. The lowest BCUT2D eigenvalue weighted by Crippen LogP contribution is -1.96. The van der Waals surface area contributed by atoms with Gasteiger partial charge in [-0.3, -0.25) is 0 Å². The van der Waals surface area contributed by atoms with Crippen LogP contribution in [0.1, 0.15) is 24.4 Å². The average molecular weight is 209 g/mol. The zero-order valence-electron chi connectivity index (χ0n) is 8.80. The molecule has 1 aromatic carbocycles. The Morgan fingerprint density at radius 2 is 2.12 bits per heavy atom. The van der Waals surface area contributed by atoms with Crippen LogP contribution in [-0.2, 0) is 0 Å². The summed E-state index contributed by atoms with van der Waals surface area (Å²) in [6.07, 6.45) is 6.14. The first-order chi connectivity index (χ1) is 7.90. The van der Waals surface area contributed by atoms with Gasteiger partial charge in [0.25, 0.3) is 0 Å². The molecular weight excluding hydrogens is 198 g/mol. The summed E-state index contributed by atoms with van der Waals surface area (Å²) in [5.41, 5.74) is 2.75. The van der Waals surface area contributed by atoms with Crippen LogP contribution in [0, 0.1) is 11.3 Å². The average Bonchev–Trinajstić information content (AvgIpc) is 3.07. The quantitative estimate of drug-likeness (QED) is 0.763. The predicted molar refractivity (Wildman–Crippen MR) is 60.6 cm³/mol. The van der Waals surface area contributed by atoms with Gasteiger partial charge in [0, 0.05) is 11.6 Å². The number of hydrogen-bond acceptors (Lipinski definition) is 2. The zero-order valence-corrected chi connectivity index (χ0v) is 8.80. The smallest absolute Gasteiger partial charge is 0.0998 e. The second kappa shape index (κ2) is 3.49. The van der Waals surface area contributed by atoms with Crippen LogP contribution in [0.4, 0.5) is 0 Å². The van der Waals surface area contributed by atoms with Crippen molar-refractivity contribution in [2.24, 2.45) is 0 Å². The fourth-order valence-electron chi connectivity index (χ4n) is 1.96. The first kappa shape index (κ1) is 9.17. The molecular formula is C13H11N3. The lowest BCUT2D eigenvalue weighted by atomic mass is 10.1. The molecule has 0 aliphatic heterocycles. The van der Waals surface area contributed by atoms with Gasteiger partial charge in [0.15, 0.2) is 0 Å². The molecule has 1 saturated carbocycles. The Balaban J connectivity index is 2.15.